The Labute approximate surface area is 190 Å². The van der Waals surface area contributed by atoms with E-state index in [1.807, 2.05) is 0 Å². The highest BCUT2D eigenvalue weighted by Gasteiger charge is 2.28. The van der Waals surface area contributed by atoms with Crippen molar-refractivity contribution in [2.24, 2.45) is 0 Å². The van der Waals surface area contributed by atoms with Crippen LogP contribution in [0.2, 0.25) is 5.02 Å². The first-order valence-corrected chi connectivity index (χ1v) is 11.4. The smallest absolute Gasteiger partial charge is 0.274 e. The van der Waals surface area contributed by atoms with Crippen molar-refractivity contribution in [3.63, 3.8) is 0 Å². The van der Waals surface area contributed by atoms with Crippen molar-refractivity contribution in [3.8, 4) is 17.0 Å². The van der Waals surface area contributed by atoms with Gasteiger partial charge in [-0.25, -0.2) is 17.9 Å². The normalized spacial score (nSPS) is 11.6. The maximum absolute atomic E-state index is 13.8. The van der Waals surface area contributed by atoms with Gasteiger partial charge in [-0.1, -0.05) is 63.9 Å². The Morgan fingerprint density at radius 2 is 1.74 bits per heavy atom. The molecule has 7 nitrogen and oxygen atoms in total. The fraction of sp³-hybridized carbons (Fsp3) is 0. The minimum Gasteiger partial charge on any atom is -0.505 e. The summed E-state index contributed by atoms with van der Waals surface area (Å²) in [6.07, 6.45) is 0. The van der Waals surface area contributed by atoms with Crippen LogP contribution in [0.25, 0.3) is 22.2 Å². The van der Waals surface area contributed by atoms with Crippen LogP contribution in [0.4, 0.5) is 0 Å². The van der Waals surface area contributed by atoms with Crippen molar-refractivity contribution in [2.45, 2.75) is 4.90 Å². The van der Waals surface area contributed by atoms with Crippen molar-refractivity contribution < 1.29 is 23.5 Å². The summed E-state index contributed by atoms with van der Waals surface area (Å²) < 4.78 is 28.9. The number of hydrogen-bond donors (Lipinski definition) is 3. The highest BCUT2D eigenvalue weighted by atomic mass is 79.9. The van der Waals surface area contributed by atoms with Crippen LogP contribution in [-0.4, -0.2) is 28.6 Å². The molecule has 0 aliphatic rings. The summed E-state index contributed by atoms with van der Waals surface area (Å²) in [4.78, 5) is 11.5. The Balaban J connectivity index is 2.11. The molecule has 0 aliphatic carbocycles. The molecular weight excluding hydrogens is 508 g/mol. The average molecular weight is 522 g/mol. The number of hydroxylamine groups is 1. The number of carbonyl (C=O) groups excluding carboxylic acids is 1. The number of amides is 1. The van der Waals surface area contributed by atoms with Gasteiger partial charge < -0.3 is 5.11 Å². The molecule has 4 rings (SSSR count). The highest BCUT2D eigenvalue weighted by molar-refractivity contribution is 9.10. The molecule has 158 valence electrons. The molecule has 0 fully saturated rings. The van der Waals surface area contributed by atoms with Crippen LogP contribution in [0, 0.1) is 0 Å². The Morgan fingerprint density at radius 1 is 1.03 bits per heavy atom. The summed E-state index contributed by atoms with van der Waals surface area (Å²) in [5.74, 6) is -1.38. The second kappa shape index (κ2) is 8.01. The lowest BCUT2D eigenvalue weighted by Crippen LogP contribution is -2.19. The van der Waals surface area contributed by atoms with Crippen molar-refractivity contribution in [1.82, 2.24) is 9.45 Å². The van der Waals surface area contributed by atoms with Gasteiger partial charge in [0.05, 0.1) is 16.2 Å². The van der Waals surface area contributed by atoms with Gasteiger partial charge in [0.15, 0.2) is 5.75 Å². The van der Waals surface area contributed by atoms with E-state index < -0.39 is 26.6 Å². The van der Waals surface area contributed by atoms with E-state index >= 15 is 0 Å². The molecule has 3 aromatic carbocycles. The second-order valence-electron chi connectivity index (χ2n) is 6.61. The van der Waals surface area contributed by atoms with E-state index in [9.17, 15) is 18.3 Å². The van der Waals surface area contributed by atoms with Crippen LogP contribution < -0.4 is 5.48 Å². The maximum Gasteiger partial charge on any atom is 0.274 e. The van der Waals surface area contributed by atoms with Gasteiger partial charge in [0.2, 0.25) is 0 Å². The van der Waals surface area contributed by atoms with Gasteiger partial charge in [0.1, 0.15) is 4.90 Å². The first-order valence-electron chi connectivity index (χ1n) is 8.83. The zero-order chi connectivity index (χ0) is 22.3. The van der Waals surface area contributed by atoms with Crippen LogP contribution in [-0.2, 0) is 10.0 Å². The van der Waals surface area contributed by atoms with E-state index in [2.05, 4.69) is 15.9 Å². The van der Waals surface area contributed by atoms with Crippen molar-refractivity contribution in [3.05, 3.63) is 81.8 Å². The molecule has 0 radical (unpaired) electrons. The lowest BCUT2D eigenvalue weighted by molar-refractivity contribution is 0.0706. The van der Waals surface area contributed by atoms with Gasteiger partial charge in [-0.3, -0.25) is 10.0 Å². The summed E-state index contributed by atoms with van der Waals surface area (Å²) in [6.45, 7) is 0. The number of aromatic hydroxyl groups is 1. The molecule has 0 unspecified atom stereocenters. The van der Waals surface area contributed by atoms with E-state index in [1.165, 1.54) is 29.7 Å². The third-order valence-corrected chi connectivity index (χ3v) is 7.19. The largest absolute Gasteiger partial charge is 0.505 e. The average Bonchev–Trinajstić information content (AvgIpc) is 3.15. The number of phenols is 1. The Morgan fingerprint density at radius 3 is 2.42 bits per heavy atom. The van der Waals surface area contributed by atoms with E-state index in [-0.39, 0.29) is 16.1 Å². The Bertz CT molecular complexity index is 1440. The summed E-state index contributed by atoms with van der Waals surface area (Å²) in [6, 6.07) is 17.5. The fourth-order valence-electron chi connectivity index (χ4n) is 3.29. The summed E-state index contributed by atoms with van der Waals surface area (Å²) >= 11 is 9.22. The molecule has 0 saturated carbocycles. The number of halogens is 2. The third-order valence-electron chi connectivity index (χ3n) is 4.71. The standard InChI is InChI=1S/C21H14BrClN2O5S/c22-15-10-16(23)20(26)19(11-15)31(29,30)25-17(12-4-2-1-3-5-12)8-13-6-7-14(9-18(13)25)21(27)24-28/h1-11,26,28H,(H,24,27). The van der Waals surface area contributed by atoms with Crippen LogP contribution in [0.5, 0.6) is 5.75 Å². The predicted molar refractivity (Wildman–Crippen MR) is 120 cm³/mol. The topological polar surface area (TPSA) is 109 Å². The number of fused-ring (bicyclic) bond motifs is 1. The molecule has 1 aromatic heterocycles. The van der Waals surface area contributed by atoms with Crippen LogP contribution >= 0.6 is 27.5 Å². The summed E-state index contributed by atoms with van der Waals surface area (Å²) in [5.41, 5.74) is 2.72. The zero-order valence-corrected chi connectivity index (χ0v) is 18.7. The molecule has 0 aliphatic heterocycles. The molecule has 0 saturated heterocycles. The SMILES string of the molecule is O=C(NO)c1ccc2cc(-c3ccccc3)n(S(=O)(=O)c3cc(Br)cc(Cl)c3O)c2c1. The minimum atomic E-state index is -4.37. The van der Waals surface area contributed by atoms with Gasteiger partial charge in [-0.15, -0.1) is 0 Å². The zero-order valence-electron chi connectivity index (χ0n) is 15.6. The molecule has 1 amide bonds. The predicted octanol–water partition coefficient (Wildman–Crippen LogP) is 4.79. The van der Waals surface area contributed by atoms with Crippen LogP contribution in [0.15, 0.2) is 76.1 Å². The van der Waals surface area contributed by atoms with E-state index in [0.29, 0.717) is 21.1 Å². The third kappa shape index (κ3) is 3.70. The monoisotopic (exact) mass is 520 g/mol. The molecule has 0 atom stereocenters. The molecule has 0 spiro atoms. The van der Waals surface area contributed by atoms with Crippen molar-refractivity contribution in [1.29, 1.82) is 0 Å². The number of nitrogens with one attached hydrogen (secondary N) is 1. The van der Waals surface area contributed by atoms with E-state index in [4.69, 9.17) is 16.8 Å². The van der Waals surface area contributed by atoms with Crippen molar-refractivity contribution in [2.75, 3.05) is 0 Å². The quantitative estimate of drug-likeness (QED) is 0.264. The van der Waals surface area contributed by atoms with E-state index in [0.717, 1.165) is 3.97 Å². The number of hydrogen-bond acceptors (Lipinski definition) is 5. The molecule has 0 bridgehead atoms. The van der Waals surface area contributed by atoms with Crippen LogP contribution in [0.1, 0.15) is 10.4 Å². The van der Waals surface area contributed by atoms with Crippen LogP contribution in [0.3, 0.4) is 0 Å². The van der Waals surface area contributed by atoms with Gasteiger partial charge in [-0.2, -0.15) is 0 Å². The molecule has 10 heteroatoms. The second-order valence-corrected chi connectivity index (χ2v) is 9.69. The molecule has 31 heavy (non-hydrogen) atoms. The number of nitrogens with zero attached hydrogens (tertiary/aromatic N) is 1. The van der Waals surface area contributed by atoms with Gasteiger partial charge in [0, 0.05) is 15.4 Å². The molecule has 3 N–H and O–H groups in total. The fourth-order valence-corrected chi connectivity index (χ4v) is 5.97. The molecule has 1 heterocycles. The lowest BCUT2D eigenvalue weighted by Gasteiger charge is -2.14. The molecule has 4 aromatic rings. The van der Waals surface area contributed by atoms with Crippen molar-refractivity contribution >= 4 is 54.4 Å². The lowest BCUT2D eigenvalue weighted by atomic mass is 10.1. The first-order chi connectivity index (χ1) is 14.7. The first kappa shape index (κ1) is 21.4. The van der Waals surface area contributed by atoms with E-state index in [1.54, 1.807) is 42.5 Å². The number of aromatic nitrogens is 1. The number of phenolic OH excluding ortho intramolecular Hbond substituents is 1. The highest BCUT2D eigenvalue weighted by Crippen LogP contribution is 2.39. The Kier molecular flexibility index (Phi) is 5.52. The summed E-state index contributed by atoms with van der Waals surface area (Å²) in [5, 5.41) is 19.8. The summed E-state index contributed by atoms with van der Waals surface area (Å²) in [7, 11) is -4.37. The van der Waals surface area contributed by atoms with Gasteiger partial charge in [0.25, 0.3) is 15.9 Å². The maximum atomic E-state index is 13.8. The van der Waals surface area contributed by atoms with Gasteiger partial charge in [-0.05, 0) is 35.9 Å². The number of benzene rings is 3. The number of carbonyl (C=O) groups is 1. The Hall–Kier alpha value is -2.85. The minimum absolute atomic E-state index is 0.0562. The van der Waals surface area contributed by atoms with Gasteiger partial charge >= 0.3 is 0 Å². The molecular formula is C21H14BrClN2O5S. The number of rotatable bonds is 4.